The van der Waals surface area contributed by atoms with Crippen molar-refractivity contribution in [2.75, 3.05) is 41.5 Å². The minimum atomic E-state index is -1.06. The van der Waals surface area contributed by atoms with Crippen LogP contribution >= 0.6 is 0 Å². The van der Waals surface area contributed by atoms with Crippen LogP contribution in [0.4, 0.5) is 24.0 Å². The fourth-order valence-corrected chi connectivity index (χ4v) is 18.5. The number of aromatic amines is 4. The average Bonchev–Trinajstić information content (AvgIpc) is 1.69. The number of nitrogens with zero attached hydrogens (tertiary/aromatic N) is 8. The van der Waals surface area contributed by atoms with Gasteiger partial charge in [0.1, 0.15) is 77.8 Å². The molecule has 4 aromatic heterocycles. The number of likely N-dealkylation sites (tertiary alicyclic amines) is 4. The maximum absolute atomic E-state index is 14.0. The van der Waals surface area contributed by atoms with E-state index in [-0.39, 0.29) is 97.1 Å². The summed E-state index contributed by atoms with van der Waals surface area (Å²) in [4.78, 5) is 153. The monoisotopic (exact) mass is 1770 g/mol. The number of carbonyl (C=O) groups excluding carboxylic acids is 8. The number of aromatic nitrogens is 8. The molecule has 3 unspecified atom stereocenters. The third-order valence-corrected chi connectivity index (χ3v) is 25.1. The van der Waals surface area contributed by atoms with Gasteiger partial charge in [-0.3, -0.25) is 19.3 Å². The number of H-pyrrole nitrogens is 4. The second-order valence-corrected chi connectivity index (χ2v) is 37.0. The smallest absolute Gasteiger partial charge is 0.410 e. The third-order valence-electron chi connectivity index (χ3n) is 25.1. The van der Waals surface area contributed by atoms with E-state index in [1.165, 1.54) is 28.4 Å². The van der Waals surface area contributed by atoms with Crippen LogP contribution in [-0.4, -0.2) is 202 Å². The molecule has 33 heteroatoms. The van der Waals surface area contributed by atoms with Crippen molar-refractivity contribution in [3.05, 3.63) is 132 Å². The lowest BCUT2D eigenvalue weighted by Gasteiger charge is -2.32. The first-order valence-corrected chi connectivity index (χ1v) is 44.0. The Hall–Kier alpha value is -13.0. The highest BCUT2D eigenvalue weighted by Crippen LogP contribution is 2.48. The van der Waals surface area contributed by atoms with Crippen molar-refractivity contribution < 1.29 is 81.4 Å². The zero-order valence-corrected chi connectivity index (χ0v) is 76.1. The van der Waals surface area contributed by atoms with E-state index in [1.807, 2.05) is 115 Å². The lowest BCUT2D eigenvalue weighted by atomic mass is 9.92. The van der Waals surface area contributed by atoms with E-state index in [4.69, 9.17) is 53.5 Å². The Morgan fingerprint density at radius 1 is 0.457 bits per heavy atom. The number of alkyl carbamates (subject to hydrolysis) is 4. The standard InChI is InChI=1S/C45H54N8O7.C43H51N7O6.C7H13NO4.CH4/c1-22(2)37(50-44(56)58-7)42(54)52-20-24(5)15-35(52)40-46-19-33(48-40)27-10-12-29-28(16-27)21-60-36-18-30-26(17-31(29)36)11-13-32-39(30)49-41(47-32)34-14-9-25(6)53(34)43(55)38(23(3)4)51-45(57)59-8;1-22(2)36(48-41(52)54-8)40(51)50-24(4)9-14-33(50)39-45-31-13-11-25-17-30-28-12-10-26(16-27(28)21-55-35(30)18-29(25)37(31)47-39)32-19-44-38(46-32)34-15-23(3)20-49(34)42(53)56-43(5,6)7;1-4(2)5(6(9)10)8-7(11)12-3;/h10-13,16-19,22-25,34-35,37-38H,9,14-15,20-21H2,1-8H3,(H,46,48)(H,47,49)(H,50,56)(H,51,57);10-13,16-19,22-24,33-34,36H,9,14-15,20-21H2,1-8H3,(H,44,46)(H,45,47)(H,48,52);4-5H,1-3H3,(H,8,11)(H,9,10);1H4/t24-,25-,34-,35?,37-,38-;23-,24-,33-,34?,36-;;/m00../s1. The van der Waals surface area contributed by atoms with Crippen molar-refractivity contribution in [1.29, 1.82) is 0 Å². The zero-order valence-electron chi connectivity index (χ0n) is 76.1. The molecule has 129 heavy (non-hydrogen) atoms. The number of nitrogens with one attached hydrogen (secondary N) is 8. The van der Waals surface area contributed by atoms with Crippen LogP contribution in [-0.2, 0) is 56.1 Å². The van der Waals surface area contributed by atoms with Crippen molar-refractivity contribution in [3.8, 4) is 56.3 Å². The summed E-state index contributed by atoms with van der Waals surface area (Å²) in [6.07, 6.45) is 5.44. The number of aliphatic carboxylic acids is 1. The van der Waals surface area contributed by atoms with E-state index in [0.717, 1.165) is 161 Å². The van der Waals surface area contributed by atoms with Crippen LogP contribution in [0.15, 0.2) is 97.3 Å². The molecule has 6 aliphatic heterocycles. The second-order valence-electron chi connectivity index (χ2n) is 37.0. The quantitative estimate of drug-likeness (QED) is 0.0360. The molecule has 0 radical (unpaired) electrons. The Labute approximate surface area is 750 Å². The molecule has 12 atom stereocenters. The molecule has 0 spiro atoms. The molecule has 16 rings (SSSR count). The molecular weight excluding hydrogens is 1650 g/mol. The predicted octanol–water partition coefficient (Wildman–Crippen LogP) is 16.9. The topological polar surface area (TPSA) is 414 Å². The first kappa shape index (κ1) is 93.7. The number of carbonyl (C=O) groups is 9. The molecule has 4 fully saturated rings. The molecule has 4 saturated heterocycles. The molecule has 6 aromatic carbocycles. The van der Waals surface area contributed by atoms with Crippen LogP contribution in [0, 0.1) is 35.5 Å². The number of methoxy groups -OCH3 is 4. The van der Waals surface area contributed by atoms with E-state index in [0.29, 0.717) is 43.9 Å². The molecule has 0 aliphatic carbocycles. The molecule has 688 valence electrons. The number of benzene rings is 6. The molecule has 10 aromatic rings. The summed E-state index contributed by atoms with van der Waals surface area (Å²) in [5.41, 5.74) is 12.8. The minimum absolute atomic E-state index is 0. The van der Waals surface area contributed by atoms with E-state index in [9.17, 15) is 43.2 Å². The highest BCUT2D eigenvalue weighted by atomic mass is 16.6. The maximum atomic E-state index is 14.0. The SMILES string of the molecule is C.COC(=O)NC(C(=O)O)C(C)C.COC(=O)N[C@H](C(=O)N1C[C@@H](C)CC1c1ncc(-c2ccc3c(c2)COc2cc4c(ccc5[nH]c([C@@H]6CC[C@H](C)N6C(=O)[C@@H](NC(=O)OC)C(C)C)nc54)cc2-3)[nH]1)C(C)C.COC(=O)N[C@H](C(=O)N1[C@@H](C)CC[C@H]1c1nc2c(ccc3cc4c(cc32)OCc2cc(-c3cnc(C5C[C@H](C)CN5C(=O)OC(C)(C)C)[nH]3)ccc2-4)[nH]1)C(C)C. The normalized spacial score (nSPS) is 20.1. The number of imidazole rings is 4. The minimum Gasteiger partial charge on any atom is -0.488 e. The Kier molecular flexibility index (Phi) is 28.0. The highest BCUT2D eigenvalue weighted by Gasteiger charge is 2.46. The molecular formula is C96H122N16O17. The van der Waals surface area contributed by atoms with Crippen molar-refractivity contribution in [3.63, 3.8) is 0 Å². The van der Waals surface area contributed by atoms with Gasteiger partial charge >= 0.3 is 36.4 Å². The van der Waals surface area contributed by atoms with E-state index in [1.54, 1.807) is 18.7 Å². The Balaban J connectivity index is 0.000000194. The van der Waals surface area contributed by atoms with Crippen LogP contribution in [0.3, 0.4) is 0 Å². The van der Waals surface area contributed by atoms with Crippen LogP contribution in [0.25, 0.3) is 88.4 Å². The van der Waals surface area contributed by atoms with E-state index in [2.05, 4.69) is 133 Å². The van der Waals surface area contributed by atoms with Gasteiger partial charge in [0.15, 0.2) is 0 Å². The lowest BCUT2D eigenvalue weighted by molar-refractivity contribution is -0.140. The molecule has 0 bridgehead atoms. The fourth-order valence-electron chi connectivity index (χ4n) is 18.5. The van der Waals surface area contributed by atoms with Gasteiger partial charge in [-0.25, -0.2) is 48.7 Å². The molecule has 10 heterocycles. The summed E-state index contributed by atoms with van der Waals surface area (Å²) in [5, 5.41) is 23.0. The Morgan fingerprint density at radius 3 is 1.22 bits per heavy atom. The van der Waals surface area contributed by atoms with Gasteiger partial charge in [-0.15, -0.1) is 0 Å². The van der Waals surface area contributed by atoms with Gasteiger partial charge in [0.2, 0.25) is 17.7 Å². The summed E-state index contributed by atoms with van der Waals surface area (Å²) >= 11 is 0. The number of fused-ring (bicyclic) bond motifs is 12. The Bertz CT molecular complexity index is 5880. The molecule has 8 amide bonds. The predicted molar refractivity (Wildman–Crippen MR) is 487 cm³/mol. The number of rotatable bonds is 18. The Morgan fingerprint density at radius 2 is 0.837 bits per heavy atom. The molecule has 9 N–H and O–H groups in total. The van der Waals surface area contributed by atoms with Crippen molar-refractivity contribution in [2.24, 2.45) is 35.5 Å². The summed E-state index contributed by atoms with van der Waals surface area (Å²) in [5.74, 6) is 3.00. The number of carboxylic acid groups (broad SMARTS) is 1. The average molecular weight is 1770 g/mol. The second kappa shape index (κ2) is 38.5. The maximum Gasteiger partial charge on any atom is 0.410 e. The van der Waals surface area contributed by atoms with E-state index >= 15 is 0 Å². The van der Waals surface area contributed by atoms with Gasteiger partial charge in [-0.2, -0.15) is 0 Å². The van der Waals surface area contributed by atoms with Crippen LogP contribution < -0.4 is 30.7 Å². The number of hydrogen-bond donors (Lipinski definition) is 9. The van der Waals surface area contributed by atoms with Gasteiger partial charge in [0, 0.05) is 47.1 Å². The summed E-state index contributed by atoms with van der Waals surface area (Å²) in [6, 6.07) is 25.3. The number of ether oxygens (including phenoxy) is 7. The van der Waals surface area contributed by atoms with Crippen molar-refractivity contribution in [1.82, 2.24) is 80.7 Å². The first-order chi connectivity index (χ1) is 60.9. The van der Waals surface area contributed by atoms with Crippen molar-refractivity contribution >= 4 is 97.8 Å². The molecule has 33 nitrogen and oxygen atoms in total. The van der Waals surface area contributed by atoms with Gasteiger partial charge in [-0.05, 0) is 201 Å². The highest BCUT2D eigenvalue weighted by molar-refractivity contribution is 6.08. The fraction of sp³-hybridized carbons (Fsp3) is 0.490. The van der Waals surface area contributed by atoms with Crippen LogP contribution in [0.5, 0.6) is 11.5 Å². The van der Waals surface area contributed by atoms with Gasteiger partial charge < -0.3 is 94.2 Å². The largest absolute Gasteiger partial charge is 0.488 e. The third kappa shape index (κ3) is 19.6. The summed E-state index contributed by atoms with van der Waals surface area (Å²) < 4.78 is 37.3. The number of hydrogen-bond acceptors (Lipinski definition) is 20. The van der Waals surface area contributed by atoms with Crippen LogP contribution in [0.1, 0.15) is 208 Å². The van der Waals surface area contributed by atoms with Crippen molar-refractivity contribution in [2.45, 2.75) is 229 Å². The molecule has 0 saturated carbocycles. The summed E-state index contributed by atoms with van der Waals surface area (Å²) in [7, 11) is 5.07. The number of amides is 8. The lowest BCUT2D eigenvalue weighted by Crippen LogP contribution is -2.52. The zero-order chi connectivity index (χ0) is 91.9. The van der Waals surface area contributed by atoms with Crippen LogP contribution in [0.2, 0.25) is 0 Å². The first-order valence-electron chi connectivity index (χ1n) is 44.0. The van der Waals surface area contributed by atoms with Gasteiger partial charge in [0.05, 0.1) is 98.5 Å². The van der Waals surface area contributed by atoms with Gasteiger partial charge in [0.25, 0.3) is 0 Å². The van der Waals surface area contributed by atoms with E-state index < -0.39 is 60.1 Å². The summed E-state index contributed by atoms with van der Waals surface area (Å²) in [6.45, 7) is 30.8. The molecule has 6 aliphatic rings. The van der Waals surface area contributed by atoms with Gasteiger partial charge in [-0.1, -0.05) is 113 Å². The number of carboxylic acids is 1.